The zero-order valence-electron chi connectivity index (χ0n) is 14.0. The number of rotatable bonds is 6. The molecule has 1 aliphatic rings. The summed E-state index contributed by atoms with van der Waals surface area (Å²) in [5, 5.41) is 13.2. The monoisotopic (exact) mass is 322 g/mol. The first-order valence-corrected chi connectivity index (χ1v) is 7.90. The summed E-state index contributed by atoms with van der Waals surface area (Å²) in [6.07, 6.45) is 0.936. The van der Waals surface area contributed by atoms with Crippen molar-refractivity contribution in [1.29, 1.82) is 0 Å². The first-order chi connectivity index (χ1) is 11.0. The molecule has 2 rings (SSSR count). The Bertz CT molecular complexity index is 505. The Balaban J connectivity index is 1.91. The van der Waals surface area contributed by atoms with Gasteiger partial charge in [-0.3, -0.25) is 4.79 Å². The number of aliphatic hydroxyl groups excluding tert-OH is 1. The number of ether oxygens (including phenoxy) is 2. The molecule has 1 heterocycles. The number of nitrogens with zero attached hydrogens (tertiary/aromatic N) is 1. The summed E-state index contributed by atoms with van der Waals surface area (Å²) in [5.74, 6) is 1.28. The number of benzene rings is 1. The van der Waals surface area contributed by atoms with Crippen molar-refractivity contribution in [2.75, 3.05) is 40.9 Å². The molecular weight excluding hydrogens is 296 g/mol. The summed E-state index contributed by atoms with van der Waals surface area (Å²) in [6.45, 7) is 2.06. The lowest BCUT2D eigenvalue weighted by Crippen LogP contribution is -2.40. The maximum atomic E-state index is 12.2. The number of likely N-dealkylation sites (tertiary alicyclic amines) is 1. The highest BCUT2D eigenvalue weighted by Crippen LogP contribution is 2.26. The predicted molar refractivity (Wildman–Crippen MR) is 87.7 cm³/mol. The van der Waals surface area contributed by atoms with Gasteiger partial charge >= 0.3 is 0 Å². The Hall–Kier alpha value is -1.79. The van der Waals surface area contributed by atoms with Gasteiger partial charge in [0.25, 0.3) is 0 Å². The van der Waals surface area contributed by atoms with Crippen LogP contribution in [0.5, 0.6) is 11.5 Å². The van der Waals surface area contributed by atoms with Gasteiger partial charge in [0.15, 0.2) is 0 Å². The van der Waals surface area contributed by atoms with Crippen LogP contribution in [0.3, 0.4) is 0 Å². The minimum absolute atomic E-state index is 0.0204. The average Bonchev–Trinajstić information content (AvgIpc) is 2.59. The molecule has 1 aromatic carbocycles. The smallest absolute Gasteiger partial charge is 0.223 e. The van der Waals surface area contributed by atoms with Crippen molar-refractivity contribution in [3.8, 4) is 11.5 Å². The number of hydrogen-bond donors (Lipinski definition) is 2. The van der Waals surface area contributed by atoms with E-state index in [0.29, 0.717) is 17.1 Å². The van der Waals surface area contributed by atoms with E-state index >= 15 is 0 Å². The molecule has 1 aromatic rings. The third-order valence-electron chi connectivity index (χ3n) is 4.32. The predicted octanol–water partition coefficient (Wildman–Crippen LogP) is 1.20. The highest BCUT2D eigenvalue weighted by Gasteiger charge is 2.23. The van der Waals surface area contributed by atoms with E-state index in [-0.39, 0.29) is 18.4 Å². The molecule has 0 aromatic heterocycles. The molecule has 23 heavy (non-hydrogen) atoms. The minimum atomic E-state index is -0.797. The summed E-state index contributed by atoms with van der Waals surface area (Å²) in [6, 6.07) is 5.23. The highest BCUT2D eigenvalue weighted by molar-refractivity contribution is 5.78. The first-order valence-electron chi connectivity index (χ1n) is 7.90. The molecule has 1 fully saturated rings. The van der Waals surface area contributed by atoms with Gasteiger partial charge < -0.3 is 24.8 Å². The second-order valence-electron chi connectivity index (χ2n) is 5.98. The van der Waals surface area contributed by atoms with Crippen molar-refractivity contribution < 1.29 is 19.4 Å². The molecule has 0 spiro atoms. The number of carbonyl (C=O) groups excluding carboxylic acids is 1. The van der Waals surface area contributed by atoms with E-state index in [9.17, 15) is 9.90 Å². The van der Waals surface area contributed by atoms with Crippen LogP contribution >= 0.6 is 0 Å². The lowest BCUT2D eigenvalue weighted by Gasteiger charge is -2.28. The summed E-state index contributed by atoms with van der Waals surface area (Å²) in [5.41, 5.74) is 0.657. The fraction of sp³-hybridized carbons (Fsp3) is 0.588. The number of amides is 1. The molecule has 6 heteroatoms. The molecule has 128 valence electrons. The van der Waals surface area contributed by atoms with Crippen LogP contribution in [0.4, 0.5) is 0 Å². The molecule has 6 nitrogen and oxygen atoms in total. The van der Waals surface area contributed by atoms with Crippen LogP contribution in [0.15, 0.2) is 18.2 Å². The van der Waals surface area contributed by atoms with Gasteiger partial charge in [-0.1, -0.05) is 0 Å². The van der Waals surface area contributed by atoms with Crippen molar-refractivity contribution in [3.63, 3.8) is 0 Å². The van der Waals surface area contributed by atoms with Crippen molar-refractivity contribution in [2.45, 2.75) is 18.9 Å². The molecule has 0 radical (unpaired) electrons. The van der Waals surface area contributed by atoms with Crippen LogP contribution in [0.1, 0.15) is 24.5 Å². The minimum Gasteiger partial charge on any atom is -0.497 e. The highest BCUT2D eigenvalue weighted by atomic mass is 16.5. The lowest BCUT2D eigenvalue weighted by atomic mass is 9.96. The van der Waals surface area contributed by atoms with Crippen LogP contribution < -0.4 is 14.8 Å². The number of methoxy groups -OCH3 is 2. The first kappa shape index (κ1) is 17.6. The maximum absolute atomic E-state index is 12.2. The number of carbonyl (C=O) groups is 1. The summed E-state index contributed by atoms with van der Waals surface area (Å²) in [4.78, 5) is 14.4. The van der Waals surface area contributed by atoms with Gasteiger partial charge in [-0.2, -0.15) is 0 Å². The average molecular weight is 322 g/mol. The molecule has 0 saturated carbocycles. The zero-order chi connectivity index (χ0) is 16.8. The van der Waals surface area contributed by atoms with E-state index in [0.717, 1.165) is 25.9 Å². The molecule has 1 amide bonds. The number of aliphatic hydroxyl groups is 1. The van der Waals surface area contributed by atoms with Crippen molar-refractivity contribution in [1.82, 2.24) is 10.2 Å². The van der Waals surface area contributed by atoms with E-state index in [2.05, 4.69) is 17.3 Å². The second kappa shape index (κ2) is 8.17. The quantitative estimate of drug-likeness (QED) is 0.823. The van der Waals surface area contributed by atoms with Crippen molar-refractivity contribution >= 4 is 5.91 Å². The molecular formula is C17H26N2O4. The van der Waals surface area contributed by atoms with E-state index in [1.165, 1.54) is 0 Å². The molecule has 1 saturated heterocycles. The van der Waals surface area contributed by atoms with Crippen molar-refractivity contribution in [2.24, 2.45) is 5.92 Å². The standard InChI is InChI=1S/C17H26N2O4/c1-19-6-4-12(5-7-19)17(21)18-11-16(20)13-8-14(22-2)10-15(9-13)23-3/h8-10,12,16,20H,4-7,11H2,1-3H3,(H,18,21)/t16-/m1/s1. The third-order valence-corrected chi connectivity index (χ3v) is 4.32. The van der Waals surface area contributed by atoms with Gasteiger partial charge in [-0.15, -0.1) is 0 Å². The molecule has 0 unspecified atom stereocenters. The Morgan fingerprint density at radius 1 is 1.26 bits per heavy atom. The zero-order valence-corrected chi connectivity index (χ0v) is 14.0. The molecule has 1 atom stereocenters. The maximum Gasteiger partial charge on any atom is 0.223 e. The van der Waals surface area contributed by atoms with Gasteiger partial charge in [0.2, 0.25) is 5.91 Å². The van der Waals surface area contributed by atoms with Crippen LogP contribution in [-0.2, 0) is 4.79 Å². The van der Waals surface area contributed by atoms with Gasteiger partial charge in [0.1, 0.15) is 11.5 Å². The van der Waals surface area contributed by atoms with Crippen LogP contribution in [-0.4, -0.2) is 56.8 Å². The fourth-order valence-corrected chi connectivity index (χ4v) is 2.75. The summed E-state index contributed by atoms with van der Waals surface area (Å²) in [7, 11) is 5.19. The van der Waals surface area contributed by atoms with Crippen LogP contribution in [0, 0.1) is 5.92 Å². The second-order valence-corrected chi connectivity index (χ2v) is 5.98. The van der Waals surface area contributed by atoms with Gasteiger partial charge in [0.05, 0.1) is 20.3 Å². The molecule has 0 bridgehead atoms. The van der Waals surface area contributed by atoms with Gasteiger partial charge in [-0.25, -0.2) is 0 Å². The third kappa shape index (κ3) is 4.84. The van der Waals surface area contributed by atoms with E-state index in [1.54, 1.807) is 32.4 Å². The normalized spacial score (nSPS) is 17.6. The van der Waals surface area contributed by atoms with E-state index in [4.69, 9.17) is 9.47 Å². The number of piperidine rings is 1. The SMILES string of the molecule is COc1cc(OC)cc([C@H](O)CNC(=O)C2CCN(C)CC2)c1. The Morgan fingerprint density at radius 3 is 2.35 bits per heavy atom. The lowest BCUT2D eigenvalue weighted by molar-refractivity contribution is -0.126. The van der Waals surface area contributed by atoms with Gasteiger partial charge in [0, 0.05) is 18.5 Å². The van der Waals surface area contributed by atoms with Crippen molar-refractivity contribution in [3.05, 3.63) is 23.8 Å². The molecule has 0 aliphatic carbocycles. The Kier molecular flexibility index (Phi) is 6.24. The Labute approximate surface area is 137 Å². The van der Waals surface area contributed by atoms with Crippen LogP contribution in [0.2, 0.25) is 0 Å². The number of hydrogen-bond acceptors (Lipinski definition) is 5. The van der Waals surface area contributed by atoms with Crippen LogP contribution in [0.25, 0.3) is 0 Å². The Morgan fingerprint density at radius 2 is 1.83 bits per heavy atom. The molecule has 2 N–H and O–H groups in total. The van der Waals surface area contributed by atoms with E-state index < -0.39 is 6.10 Å². The number of nitrogens with one attached hydrogen (secondary N) is 1. The summed E-state index contributed by atoms with van der Waals surface area (Å²) >= 11 is 0. The topological polar surface area (TPSA) is 71.0 Å². The van der Waals surface area contributed by atoms with E-state index in [1.807, 2.05) is 0 Å². The largest absolute Gasteiger partial charge is 0.497 e. The molecule has 1 aliphatic heterocycles. The van der Waals surface area contributed by atoms with Gasteiger partial charge in [-0.05, 0) is 50.7 Å². The fourth-order valence-electron chi connectivity index (χ4n) is 2.75. The summed E-state index contributed by atoms with van der Waals surface area (Å²) < 4.78 is 10.4.